The summed E-state index contributed by atoms with van der Waals surface area (Å²) in [5.74, 6) is -0.204. The average molecular weight is 308 g/mol. The Morgan fingerprint density at radius 3 is 2.75 bits per heavy atom. The Morgan fingerprint density at radius 1 is 1.38 bits per heavy atom. The molecule has 1 rings (SSSR count). The Hall–Kier alpha value is -0.0800. The fourth-order valence-electron chi connectivity index (χ4n) is 1.68. The third-order valence-electron chi connectivity index (χ3n) is 2.57. The second-order valence-corrected chi connectivity index (χ2v) is 5.50. The lowest BCUT2D eigenvalue weighted by atomic mass is 10.1. The summed E-state index contributed by atoms with van der Waals surface area (Å²) >= 11 is 9.33. The van der Waals surface area contributed by atoms with Gasteiger partial charge in [-0.25, -0.2) is 4.39 Å². The molecule has 0 aliphatic rings. The quantitative estimate of drug-likeness (QED) is 0.624. The lowest BCUT2D eigenvalue weighted by molar-refractivity contribution is 0.617. The summed E-state index contributed by atoms with van der Waals surface area (Å²) in [6.07, 6.45) is 5.27. The van der Waals surface area contributed by atoms with Crippen molar-refractivity contribution in [2.24, 2.45) is 0 Å². The molecule has 0 saturated carbocycles. The van der Waals surface area contributed by atoms with E-state index in [-0.39, 0.29) is 11.2 Å². The molecular weight excluding hydrogens is 290 g/mol. The van der Waals surface area contributed by atoms with Gasteiger partial charge in [-0.3, -0.25) is 0 Å². The van der Waals surface area contributed by atoms with Crippen LogP contribution in [-0.2, 0) is 6.42 Å². The molecule has 0 radical (unpaired) electrons. The molecule has 1 unspecified atom stereocenters. The zero-order valence-electron chi connectivity index (χ0n) is 9.48. The van der Waals surface area contributed by atoms with Crippen LogP contribution in [0.4, 0.5) is 4.39 Å². The number of hydrogen-bond acceptors (Lipinski definition) is 0. The highest BCUT2D eigenvalue weighted by molar-refractivity contribution is 9.10. The van der Waals surface area contributed by atoms with E-state index in [1.54, 1.807) is 0 Å². The number of alkyl halides is 1. The summed E-state index contributed by atoms with van der Waals surface area (Å²) in [5, 5.41) is 0.286. The van der Waals surface area contributed by atoms with Crippen molar-refractivity contribution in [1.29, 1.82) is 0 Å². The molecular formula is C13H17BrClF. The molecule has 0 aromatic heterocycles. The maximum atomic E-state index is 13.0. The van der Waals surface area contributed by atoms with E-state index < -0.39 is 0 Å². The van der Waals surface area contributed by atoms with Crippen molar-refractivity contribution in [3.05, 3.63) is 34.1 Å². The normalized spacial score (nSPS) is 12.8. The minimum absolute atomic E-state index is 0.204. The van der Waals surface area contributed by atoms with Gasteiger partial charge in [-0.2, -0.15) is 0 Å². The first-order valence-electron chi connectivity index (χ1n) is 5.71. The topological polar surface area (TPSA) is 0 Å². The van der Waals surface area contributed by atoms with Crippen LogP contribution in [0.1, 0.15) is 38.2 Å². The molecule has 3 heteroatoms. The van der Waals surface area contributed by atoms with E-state index in [1.165, 1.54) is 6.07 Å². The van der Waals surface area contributed by atoms with Gasteiger partial charge < -0.3 is 0 Å². The van der Waals surface area contributed by atoms with Crippen LogP contribution in [0.25, 0.3) is 0 Å². The highest BCUT2D eigenvalue weighted by atomic mass is 79.9. The van der Waals surface area contributed by atoms with Crippen molar-refractivity contribution in [1.82, 2.24) is 0 Å². The number of rotatable bonds is 6. The summed E-state index contributed by atoms with van der Waals surface area (Å²) in [4.78, 5) is 0. The summed E-state index contributed by atoms with van der Waals surface area (Å²) in [5.41, 5.74) is 1.16. The standard InChI is InChI=1S/C13H17BrClF/c1-2-4-11(15)6-3-5-10-7-8-13(16)12(14)9-10/h7-9,11H,2-6H2,1H3. The third kappa shape index (κ3) is 4.84. The number of aryl methyl sites for hydroxylation is 1. The van der Waals surface area contributed by atoms with Gasteiger partial charge in [0.15, 0.2) is 0 Å². The molecule has 0 nitrogen and oxygen atoms in total. The lowest BCUT2D eigenvalue weighted by Crippen LogP contribution is -1.98. The van der Waals surface area contributed by atoms with Crippen molar-refractivity contribution in [2.45, 2.75) is 44.4 Å². The second kappa shape index (κ2) is 7.29. The fourth-order valence-corrected chi connectivity index (χ4v) is 2.48. The predicted octanol–water partition coefficient (Wildman–Crippen LogP) is 5.32. The number of halogens is 3. The summed E-state index contributed by atoms with van der Waals surface area (Å²) in [6, 6.07) is 5.19. The van der Waals surface area contributed by atoms with Gasteiger partial charge in [-0.05, 0) is 59.3 Å². The molecule has 0 bridgehead atoms. The van der Waals surface area contributed by atoms with Crippen molar-refractivity contribution < 1.29 is 4.39 Å². The van der Waals surface area contributed by atoms with Crippen LogP contribution in [0.3, 0.4) is 0 Å². The number of hydrogen-bond donors (Lipinski definition) is 0. The molecule has 0 saturated heterocycles. The van der Waals surface area contributed by atoms with E-state index in [2.05, 4.69) is 22.9 Å². The summed E-state index contributed by atoms with van der Waals surface area (Å²) in [7, 11) is 0. The van der Waals surface area contributed by atoms with Gasteiger partial charge in [-0.1, -0.05) is 19.4 Å². The van der Waals surface area contributed by atoms with Crippen LogP contribution < -0.4 is 0 Å². The van der Waals surface area contributed by atoms with Gasteiger partial charge in [-0.15, -0.1) is 11.6 Å². The molecule has 16 heavy (non-hydrogen) atoms. The molecule has 0 aliphatic carbocycles. The molecule has 1 atom stereocenters. The van der Waals surface area contributed by atoms with E-state index in [4.69, 9.17) is 11.6 Å². The van der Waals surface area contributed by atoms with Crippen LogP contribution in [-0.4, -0.2) is 5.38 Å². The number of benzene rings is 1. The molecule has 0 spiro atoms. The van der Waals surface area contributed by atoms with Crippen molar-refractivity contribution in [3.8, 4) is 0 Å². The van der Waals surface area contributed by atoms with Crippen LogP contribution in [0.15, 0.2) is 22.7 Å². The molecule has 0 aliphatic heterocycles. The van der Waals surface area contributed by atoms with Crippen LogP contribution in [0.5, 0.6) is 0 Å². The maximum absolute atomic E-state index is 13.0. The van der Waals surface area contributed by atoms with Crippen LogP contribution >= 0.6 is 27.5 Å². The molecule has 0 heterocycles. The fraction of sp³-hybridized carbons (Fsp3) is 0.538. The van der Waals surface area contributed by atoms with Gasteiger partial charge in [0.05, 0.1) is 4.47 Å². The van der Waals surface area contributed by atoms with Gasteiger partial charge in [0.1, 0.15) is 5.82 Å². The zero-order valence-corrected chi connectivity index (χ0v) is 11.8. The monoisotopic (exact) mass is 306 g/mol. The first-order chi connectivity index (χ1) is 7.63. The smallest absolute Gasteiger partial charge is 0.137 e. The molecule has 1 aromatic carbocycles. The lowest BCUT2D eigenvalue weighted by Gasteiger charge is -2.07. The first-order valence-corrected chi connectivity index (χ1v) is 6.94. The van der Waals surface area contributed by atoms with Crippen LogP contribution in [0, 0.1) is 5.82 Å². The minimum Gasteiger partial charge on any atom is -0.206 e. The largest absolute Gasteiger partial charge is 0.206 e. The minimum atomic E-state index is -0.204. The first kappa shape index (κ1) is 14.0. The second-order valence-electron chi connectivity index (χ2n) is 4.03. The zero-order chi connectivity index (χ0) is 12.0. The summed E-state index contributed by atoms with van der Waals surface area (Å²) < 4.78 is 13.5. The molecule has 0 fully saturated rings. The van der Waals surface area contributed by atoms with Crippen molar-refractivity contribution >= 4 is 27.5 Å². The highest BCUT2D eigenvalue weighted by Gasteiger charge is 2.04. The maximum Gasteiger partial charge on any atom is 0.137 e. The van der Waals surface area contributed by atoms with E-state index >= 15 is 0 Å². The molecule has 1 aromatic rings. The molecule has 0 amide bonds. The molecule has 90 valence electrons. The Balaban J connectivity index is 2.34. The molecule has 0 N–H and O–H groups in total. The Bertz CT molecular complexity index is 328. The van der Waals surface area contributed by atoms with Crippen molar-refractivity contribution in [2.75, 3.05) is 0 Å². The van der Waals surface area contributed by atoms with E-state index in [0.717, 1.165) is 37.7 Å². The Labute approximate surface area is 110 Å². The highest BCUT2D eigenvalue weighted by Crippen LogP contribution is 2.19. The van der Waals surface area contributed by atoms with Crippen LogP contribution in [0.2, 0.25) is 0 Å². The van der Waals surface area contributed by atoms with Crippen molar-refractivity contribution in [3.63, 3.8) is 0 Å². The SMILES string of the molecule is CCCC(Cl)CCCc1ccc(F)c(Br)c1. The van der Waals surface area contributed by atoms with Gasteiger partial charge in [0.25, 0.3) is 0 Å². The van der Waals surface area contributed by atoms with E-state index in [9.17, 15) is 4.39 Å². The van der Waals surface area contributed by atoms with E-state index in [1.807, 2.05) is 12.1 Å². The Morgan fingerprint density at radius 2 is 2.12 bits per heavy atom. The van der Waals surface area contributed by atoms with Gasteiger partial charge >= 0.3 is 0 Å². The third-order valence-corrected chi connectivity index (χ3v) is 3.61. The average Bonchev–Trinajstić information content (AvgIpc) is 2.24. The summed E-state index contributed by atoms with van der Waals surface area (Å²) in [6.45, 7) is 2.15. The Kier molecular flexibility index (Phi) is 6.37. The predicted molar refractivity (Wildman–Crippen MR) is 71.6 cm³/mol. The van der Waals surface area contributed by atoms with Gasteiger partial charge in [0, 0.05) is 5.38 Å². The van der Waals surface area contributed by atoms with Gasteiger partial charge in [0.2, 0.25) is 0 Å². The van der Waals surface area contributed by atoms with E-state index in [0.29, 0.717) is 4.47 Å².